The van der Waals surface area contributed by atoms with E-state index in [4.69, 9.17) is 4.74 Å². The summed E-state index contributed by atoms with van der Waals surface area (Å²) >= 11 is 0. The van der Waals surface area contributed by atoms with Gasteiger partial charge in [0, 0.05) is 32.0 Å². The van der Waals surface area contributed by atoms with Gasteiger partial charge in [-0.15, -0.1) is 0 Å². The molecule has 1 fully saturated rings. The van der Waals surface area contributed by atoms with Crippen molar-refractivity contribution >= 4 is 9.84 Å². The highest BCUT2D eigenvalue weighted by molar-refractivity contribution is 7.91. The number of aromatic nitrogens is 2. The molecule has 3 rings (SSSR count). The molecule has 7 heteroatoms. The van der Waals surface area contributed by atoms with Gasteiger partial charge in [0.1, 0.15) is 18.2 Å². The van der Waals surface area contributed by atoms with E-state index in [0.717, 1.165) is 17.1 Å². The van der Waals surface area contributed by atoms with E-state index in [1.165, 1.54) is 0 Å². The third-order valence-corrected chi connectivity index (χ3v) is 5.81. The lowest BCUT2D eigenvalue weighted by atomic mass is 10.2. The molecule has 0 amide bonds. The van der Waals surface area contributed by atoms with Crippen molar-refractivity contribution in [1.82, 2.24) is 14.9 Å². The summed E-state index contributed by atoms with van der Waals surface area (Å²) < 4.78 is 30.5. The Morgan fingerprint density at radius 1 is 1.35 bits per heavy atom. The van der Waals surface area contributed by atoms with Gasteiger partial charge in [-0.1, -0.05) is 12.1 Å². The van der Waals surface area contributed by atoms with Gasteiger partial charge in [0.15, 0.2) is 9.84 Å². The lowest BCUT2D eigenvalue weighted by Crippen LogP contribution is -2.29. The summed E-state index contributed by atoms with van der Waals surface area (Å²) in [5, 5.41) is 3.30. The van der Waals surface area contributed by atoms with Crippen LogP contribution in [0.2, 0.25) is 0 Å². The highest BCUT2D eigenvalue weighted by Gasteiger charge is 2.27. The quantitative estimate of drug-likeness (QED) is 0.861. The smallest absolute Gasteiger partial charge is 0.151 e. The predicted molar refractivity (Wildman–Crippen MR) is 87.9 cm³/mol. The minimum absolute atomic E-state index is 0.0688. The second kappa shape index (κ2) is 6.72. The Labute approximate surface area is 136 Å². The Kier molecular flexibility index (Phi) is 4.68. The van der Waals surface area contributed by atoms with Crippen LogP contribution in [0.15, 0.2) is 36.7 Å². The highest BCUT2D eigenvalue weighted by atomic mass is 32.2. The zero-order valence-corrected chi connectivity index (χ0v) is 13.9. The third-order valence-electron chi connectivity index (χ3n) is 4.04. The molecule has 0 saturated carbocycles. The fraction of sp³-hybridized carbons (Fsp3) is 0.438. The average Bonchev–Trinajstić information content (AvgIpc) is 3.09. The minimum atomic E-state index is -2.83. The summed E-state index contributed by atoms with van der Waals surface area (Å²) in [6, 6.07) is 7.89. The molecule has 124 valence electrons. The fourth-order valence-electron chi connectivity index (χ4n) is 2.61. The number of ether oxygens (including phenoxy) is 1. The summed E-state index contributed by atoms with van der Waals surface area (Å²) in [5.41, 5.74) is 1.11. The molecule has 0 bridgehead atoms. The normalized spacial score (nSPS) is 19.8. The number of imidazole rings is 1. The fourth-order valence-corrected chi connectivity index (χ4v) is 4.31. The Morgan fingerprint density at radius 3 is 2.74 bits per heavy atom. The largest absolute Gasteiger partial charge is 0.486 e. The number of benzene rings is 1. The van der Waals surface area contributed by atoms with Gasteiger partial charge in [0.25, 0.3) is 0 Å². The van der Waals surface area contributed by atoms with Gasteiger partial charge in [-0.25, -0.2) is 13.4 Å². The zero-order chi connectivity index (χ0) is 16.3. The summed E-state index contributed by atoms with van der Waals surface area (Å²) in [6.07, 6.45) is 4.33. The highest BCUT2D eigenvalue weighted by Crippen LogP contribution is 2.15. The summed E-state index contributed by atoms with van der Waals surface area (Å²) in [6.45, 7) is 1.10. The lowest BCUT2D eigenvalue weighted by molar-refractivity contribution is 0.291. The van der Waals surface area contributed by atoms with E-state index < -0.39 is 9.84 Å². The van der Waals surface area contributed by atoms with Crippen molar-refractivity contribution < 1.29 is 13.2 Å². The van der Waals surface area contributed by atoms with Gasteiger partial charge in [0.05, 0.1) is 11.5 Å². The third kappa shape index (κ3) is 4.33. The van der Waals surface area contributed by atoms with E-state index in [2.05, 4.69) is 10.3 Å². The summed E-state index contributed by atoms with van der Waals surface area (Å²) in [4.78, 5) is 4.21. The average molecular weight is 335 g/mol. The first kappa shape index (κ1) is 16.0. The van der Waals surface area contributed by atoms with Gasteiger partial charge >= 0.3 is 0 Å². The van der Waals surface area contributed by atoms with Gasteiger partial charge in [-0.3, -0.25) is 0 Å². The van der Waals surface area contributed by atoms with Crippen molar-refractivity contribution in [2.75, 3.05) is 11.5 Å². The predicted octanol–water partition coefficient (Wildman–Crippen LogP) is 1.28. The molecule has 0 radical (unpaired) electrons. The van der Waals surface area contributed by atoms with Crippen LogP contribution in [-0.4, -0.2) is 35.5 Å². The number of hydrogen-bond donors (Lipinski definition) is 1. The molecule has 2 heterocycles. The zero-order valence-electron chi connectivity index (χ0n) is 13.1. The summed E-state index contributed by atoms with van der Waals surface area (Å²) in [5.74, 6) is 2.21. The van der Waals surface area contributed by atoms with Crippen LogP contribution < -0.4 is 10.1 Å². The first-order valence-electron chi connectivity index (χ1n) is 7.63. The number of rotatable bonds is 6. The van der Waals surface area contributed by atoms with E-state index >= 15 is 0 Å². The molecule has 23 heavy (non-hydrogen) atoms. The van der Waals surface area contributed by atoms with Crippen LogP contribution in [0.3, 0.4) is 0 Å². The van der Waals surface area contributed by atoms with Gasteiger partial charge in [0.2, 0.25) is 0 Å². The molecule has 1 aromatic carbocycles. The molecule has 6 nitrogen and oxygen atoms in total. The Bertz CT molecular complexity index is 753. The summed E-state index contributed by atoms with van der Waals surface area (Å²) in [7, 11) is -0.895. The molecule has 0 aliphatic carbocycles. The monoisotopic (exact) mass is 335 g/mol. The van der Waals surface area contributed by atoms with E-state index in [1.54, 1.807) is 6.20 Å². The second-order valence-electron chi connectivity index (χ2n) is 5.87. The van der Waals surface area contributed by atoms with Crippen molar-refractivity contribution in [3.8, 4) is 5.75 Å². The SMILES string of the molecule is Cn1ccnc1COc1ccc(CNC2CCS(=O)(=O)C2)cc1. The molecular formula is C16H21N3O3S. The van der Waals surface area contributed by atoms with Gasteiger partial charge in [-0.2, -0.15) is 0 Å². The standard InChI is InChI=1S/C16H21N3O3S/c1-19-8-7-17-16(19)11-22-15-4-2-13(3-5-15)10-18-14-6-9-23(20,21)12-14/h2-5,7-8,14,18H,6,9-12H2,1H3. The Morgan fingerprint density at radius 2 is 2.13 bits per heavy atom. The van der Waals surface area contributed by atoms with Crippen LogP contribution in [0.1, 0.15) is 17.8 Å². The van der Waals surface area contributed by atoms with Crippen molar-refractivity contribution in [2.24, 2.45) is 7.05 Å². The van der Waals surface area contributed by atoms with E-state index in [0.29, 0.717) is 25.3 Å². The molecule has 1 aliphatic heterocycles. The first-order valence-corrected chi connectivity index (χ1v) is 9.46. The van der Waals surface area contributed by atoms with Gasteiger partial charge in [-0.05, 0) is 24.1 Å². The topological polar surface area (TPSA) is 73.2 Å². The number of hydrogen-bond acceptors (Lipinski definition) is 5. The molecule has 0 spiro atoms. The van der Waals surface area contributed by atoms with E-state index in [-0.39, 0.29) is 11.8 Å². The Hall–Kier alpha value is -1.86. The van der Waals surface area contributed by atoms with Crippen LogP contribution in [-0.2, 0) is 30.0 Å². The molecule has 1 N–H and O–H groups in total. The minimum Gasteiger partial charge on any atom is -0.486 e. The molecule has 1 saturated heterocycles. The molecule has 1 aromatic heterocycles. The van der Waals surface area contributed by atoms with Crippen LogP contribution in [0.4, 0.5) is 0 Å². The van der Waals surface area contributed by atoms with Crippen LogP contribution in [0, 0.1) is 0 Å². The van der Waals surface area contributed by atoms with E-state index in [1.807, 2.05) is 42.1 Å². The molecule has 2 aromatic rings. The van der Waals surface area contributed by atoms with Crippen LogP contribution in [0.5, 0.6) is 5.75 Å². The van der Waals surface area contributed by atoms with Crippen molar-refractivity contribution in [2.45, 2.75) is 25.6 Å². The molecular weight excluding hydrogens is 314 g/mol. The van der Waals surface area contributed by atoms with Gasteiger partial charge < -0.3 is 14.6 Å². The Balaban J connectivity index is 1.48. The maximum absolute atomic E-state index is 11.4. The van der Waals surface area contributed by atoms with Crippen LogP contribution in [0.25, 0.3) is 0 Å². The molecule has 1 atom stereocenters. The molecule has 1 unspecified atom stereocenters. The maximum atomic E-state index is 11.4. The van der Waals surface area contributed by atoms with Crippen molar-refractivity contribution in [3.63, 3.8) is 0 Å². The van der Waals surface area contributed by atoms with E-state index in [9.17, 15) is 8.42 Å². The number of sulfone groups is 1. The number of aryl methyl sites for hydroxylation is 1. The first-order chi connectivity index (χ1) is 11.0. The maximum Gasteiger partial charge on any atom is 0.151 e. The van der Waals surface area contributed by atoms with Crippen LogP contribution >= 0.6 is 0 Å². The number of nitrogens with one attached hydrogen (secondary N) is 1. The number of nitrogens with zero attached hydrogens (tertiary/aromatic N) is 2. The van der Waals surface area contributed by atoms with Crippen molar-refractivity contribution in [3.05, 3.63) is 48.0 Å². The lowest BCUT2D eigenvalue weighted by Gasteiger charge is -2.11. The van der Waals surface area contributed by atoms with Crippen molar-refractivity contribution in [1.29, 1.82) is 0 Å². The molecule has 1 aliphatic rings. The second-order valence-corrected chi connectivity index (χ2v) is 8.10.